The Kier molecular flexibility index (Phi) is 2.99. The molecule has 0 unspecified atom stereocenters. The quantitative estimate of drug-likeness (QED) is 0.716. The van der Waals surface area contributed by atoms with E-state index in [1.165, 1.54) is 24.3 Å². The first kappa shape index (κ1) is 12.7. The molecule has 0 aliphatic carbocycles. The predicted octanol–water partition coefficient (Wildman–Crippen LogP) is 0.470. The summed E-state index contributed by atoms with van der Waals surface area (Å²) in [5.41, 5.74) is 0.649. The molecule has 0 fully saturated rings. The summed E-state index contributed by atoms with van der Waals surface area (Å²) in [5, 5.41) is 26.2. The lowest BCUT2D eigenvalue weighted by molar-refractivity contribution is 0.0698. The minimum Gasteiger partial charge on any atom is -0.478 e. The summed E-state index contributed by atoms with van der Waals surface area (Å²) in [5.74, 6) is -1.68. The van der Waals surface area contributed by atoms with Crippen LogP contribution in [0.1, 0.15) is 20.8 Å². The molecule has 3 rings (SSSR count). The van der Waals surface area contributed by atoms with Gasteiger partial charge >= 0.3 is 5.97 Å². The second-order valence-corrected chi connectivity index (χ2v) is 4.05. The summed E-state index contributed by atoms with van der Waals surface area (Å²) in [4.78, 5) is 23.2. The zero-order valence-corrected chi connectivity index (χ0v) is 10.5. The van der Waals surface area contributed by atoms with Crippen LogP contribution in [-0.4, -0.2) is 42.2 Å². The van der Waals surface area contributed by atoms with Crippen LogP contribution in [0.15, 0.2) is 36.4 Å². The van der Waals surface area contributed by atoms with Crippen LogP contribution in [0, 0.1) is 0 Å². The molecule has 104 valence electrons. The second kappa shape index (κ2) is 4.96. The molecule has 1 aromatic carbocycles. The van der Waals surface area contributed by atoms with E-state index in [9.17, 15) is 9.59 Å². The fourth-order valence-electron chi connectivity index (χ4n) is 1.74. The zero-order valence-electron chi connectivity index (χ0n) is 10.5. The van der Waals surface area contributed by atoms with Crippen LogP contribution in [-0.2, 0) is 0 Å². The summed E-state index contributed by atoms with van der Waals surface area (Å²) in [6.45, 7) is 0. The molecule has 9 heteroatoms. The maximum absolute atomic E-state index is 12.1. The van der Waals surface area contributed by atoms with Crippen molar-refractivity contribution in [2.45, 2.75) is 0 Å². The first-order valence-corrected chi connectivity index (χ1v) is 5.84. The normalized spacial score (nSPS) is 10.5. The van der Waals surface area contributed by atoms with Crippen LogP contribution in [0.5, 0.6) is 0 Å². The molecule has 0 aliphatic heterocycles. The number of fused-ring (bicyclic) bond motifs is 1. The van der Waals surface area contributed by atoms with Gasteiger partial charge in [-0.3, -0.25) is 4.79 Å². The lowest BCUT2D eigenvalue weighted by Crippen LogP contribution is -2.17. The lowest BCUT2D eigenvalue weighted by Gasteiger charge is -2.07. The van der Waals surface area contributed by atoms with Gasteiger partial charge in [-0.05, 0) is 34.7 Å². The Morgan fingerprint density at radius 3 is 2.76 bits per heavy atom. The smallest absolute Gasteiger partial charge is 0.337 e. The van der Waals surface area contributed by atoms with E-state index in [1.807, 2.05) is 0 Å². The van der Waals surface area contributed by atoms with Crippen molar-refractivity contribution >= 4 is 23.2 Å². The highest BCUT2D eigenvalue weighted by Gasteiger charge is 2.14. The number of amides is 1. The number of carboxylic acids is 1. The van der Waals surface area contributed by atoms with Gasteiger partial charge in [-0.25, -0.2) is 4.79 Å². The number of nitrogens with zero attached hydrogens (tertiary/aromatic N) is 5. The van der Waals surface area contributed by atoms with E-state index in [-0.39, 0.29) is 16.9 Å². The maximum atomic E-state index is 12.1. The largest absolute Gasteiger partial charge is 0.478 e. The van der Waals surface area contributed by atoms with Crippen molar-refractivity contribution in [3.05, 3.63) is 47.7 Å². The predicted molar refractivity (Wildman–Crippen MR) is 69.9 cm³/mol. The standard InChI is InChI=1S/C12H8N6O3/c19-11(9-5-6-10-14-16-17-18(10)15-9)13-8-4-2-1-3-7(8)12(20)21/h1-6H,(H,13,19)(H,20,21). The van der Waals surface area contributed by atoms with Crippen molar-refractivity contribution in [1.29, 1.82) is 0 Å². The van der Waals surface area contributed by atoms with Crippen LogP contribution < -0.4 is 5.32 Å². The number of nitrogens with one attached hydrogen (secondary N) is 1. The molecule has 9 nitrogen and oxygen atoms in total. The number of hydrogen-bond donors (Lipinski definition) is 2. The van der Waals surface area contributed by atoms with Gasteiger partial charge in [0.15, 0.2) is 11.3 Å². The number of carbonyl (C=O) groups excluding carboxylic acids is 1. The molecular formula is C12H8N6O3. The van der Waals surface area contributed by atoms with E-state index >= 15 is 0 Å². The number of para-hydroxylation sites is 1. The topological polar surface area (TPSA) is 122 Å². The summed E-state index contributed by atoms with van der Waals surface area (Å²) >= 11 is 0. The number of anilines is 1. The van der Waals surface area contributed by atoms with Crippen molar-refractivity contribution in [2.75, 3.05) is 5.32 Å². The molecular weight excluding hydrogens is 276 g/mol. The van der Waals surface area contributed by atoms with Gasteiger partial charge in [0, 0.05) is 0 Å². The average molecular weight is 284 g/mol. The number of benzene rings is 1. The van der Waals surface area contributed by atoms with Gasteiger partial charge in [-0.15, -0.1) is 14.8 Å². The Bertz CT molecular complexity index is 844. The highest BCUT2D eigenvalue weighted by atomic mass is 16.4. The van der Waals surface area contributed by atoms with Gasteiger partial charge < -0.3 is 10.4 Å². The van der Waals surface area contributed by atoms with Crippen LogP contribution in [0.3, 0.4) is 0 Å². The Morgan fingerprint density at radius 1 is 1.14 bits per heavy atom. The third-order valence-electron chi connectivity index (χ3n) is 2.71. The molecule has 0 saturated heterocycles. The molecule has 1 amide bonds. The van der Waals surface area contributed by atoms with Crippen LogP contribution in [0.4, 0.5) is 5.69 Å². The van der Waals surface area contributed by atoms with Crippen molar-refractivity contribution in [2.24, 2.45) is 0 Å². The average Bonchev–Trinajstić information content (AvgIpc) is 2.94. The number of rotatable bonds is 3. The Labute approximate surface area is 117 Å². The number of tetrazole rings is 1. The number of carbonyl (C=O) groups is 2. The molecule has 2 heterocycles. The molecule has 0 spiro atoms. The van der Waals surface area contributed by atoms with Gasteiger partial charge in [0.2, 0.25) is 0 Å². The fraction of sp³-hybridized carbons (Fsp3) is 0. The Hall–Kier alpha value is -3.36. The zero-order chi connectivity index (χ0) is 14.8. The lowest BCUT2D eigenvalue weighted by atomic mass is 10.2. The third kappa shape index (κ3) is 2.39. The Morgan fingerprint density at radius 2 is 1.95 bits per heavy atom. The van der Waals surface area contributed by atoms with Crippen molar-refractivity contribution in [3.8, 4) is 0 Å². The van der Waals surface area contributed by atoms with Gasteiger partial charge in [0.05, 0.1) is 11.3 Å². The van der Waals surface area contributed by atoms with E-state index in [0.29, 0.717) is 5.65 Å². The first-order valence-electron chi connectivity index (χ1n) is 5.84. The molecule has 0 saturated carbocycles. The van der Waals surface area contributed by atoms with E-state index in [2.05, 4.69) is 25.9 Å². The maximum Gasteiger partial charge on any atom is 0.337 e. The third-order valence-corrected chi connectivity index (χ3v) is 2.71. The first-order chi connectivity index (χ1) is 10.1. The van der Waals surface area contributed by atoms with Gasteiger partial charge in [0.25, 0.3) is 5.91 Å². The van der Waals surface area contributed by atoms with E-state index in [4.69, 9.17) is 5.11 Å². The van der Waals surface area contributed by atoms with Crippen LogP contribution >= 0.6 is 0 Å². The molecule has 0 radical (unpaired) electrons. The van der Waals surface area contributed by atoms with Gasteiger partial charge in [-0.1, -0.05) is 12.1 Å². The van der Waals surface area contributed by atoms with Gasteiger partial charge in [-0.2, -0.15) is 0 Å². The number of aromatic nitrogens is 5. The van der Waals surface area contributed by atoms with E-state index in [0.717, 1.165) is 4.63 Å². The van der Waals surface area contributed by atoms with Crippen molar-refractivity contribution in [3.63, 3.8) is 0 Å². The summed E-state index contributed by atoms with van der Waals surface area (Å²) in [7, 11) is 0. The molecule has 0 bridgehead atoms. The number of aromatic carboxylic acids is 1. The van der Waals surface area contributed by atoms with Crippen molar-refractivity contribution in [1.82, 2.24) is 25.3 Å². The molecule has 0 atom stereocenters. The molecule has 3 aromatic rings. The fourth-order valence-corrected chi connectivity index (χ4v) is 1.74. The van der Waals surface area contributed by atoms with Crippen molar-refractivity contribution < 1.29 is 14.7 Å². The van der Waals surface area contributed by atoms with E-state index < -0.39 is 11.9 Å². The minimum absolute atomic E-state index is 0.00523. The number of carboxylic acid groups (broad SMARTS) is 1. The highest BCUT2D eigenvalue weighted by Crippen LogP contribution is 2.15. The van der Waals surface area contributed by atoms with Crippen LogP contribution in [0.25, 0.3) is 5.65 Å². The molecule has 0 aliphatic rings. The van der Waals surface area contributed by atoms with Crippen LogP contribution in [0.2, 0.25) is 0 Å². The minimum atomic E-state index is -1.13. The summed E-state index contributed by atoms with van der Waals surface area (Å²) in [6, 6.07) is 9.08. The Balaban J connectivity index is 1.91. The van der Waals surface area contributed by atoms with E-state index in [1.54, 1.807) is 12.1 Å². The second-order valence-electron chi connectivity index (χ2n) is 4.05. The van der Waals surface area contributed by atoms with Gasteiger partial charge in [0.1, 0.15) is 0 Å². The summed E-state index contributed by atoms with van der Waals surface area (Å²) in [6.07, 6.45) is 0. The summed E-state index contributed by atoms with van der Waals surface area (Å²) < 4.78 is 1.11. The number of hydrogen-bond acceptors (Lipinski definition) is 6. The highest BCUT2D eigenvalue weighted by molar-refractivity contribution is 6.06. The monoisotopic (exact) mass is 284 g/mol. The molecule has 2 aromatic heterocycles. The SMILES string of the molecule is O=C(Nc1ccccc1C(=O)O)c1ccc2nnnn2n1. The molecule has 2 N–H and O–H groups in total. The molecule has 21 heavy (non-hydrogen) atoms.